The van der Waals surface area contributed by atoms with Crippen molar-refractivity contribution in [1.29, 1.82) is 0 Å². The average Bonchev–Trinajstić information content (AvgIpc) is 2.53. The second kappa shape index (κ2) is 9.52. The van der Waals surface area contributed by atoms with Gasteiger partial charge in [0, 0.05) is 18.6 Å². The van der Waals surface area contributed by atoms with E-state index >= 15 is 0 Å². The molecule has 0 aromatic carbocycles. The van der Waals surface area contributed by atoms with E-state index in [0.717, 1.165) is 11.3 Å². The van der Waals surface area contributed by atoms with E-state index in [1.54, 1.807) is 11.9 Å². The van der Waals surface area contributed by atoms with Gasteiger partial charge in [-0.05, 0) is 24.4 Å². The lowest BCUT2D eigenvalue weighted by molar-refractivity contribution is 1.28. The second-order valence-corrected chi connectivity index (χ2v) is 2.73. The third kappa shape index (κ3) is 5.64. The lowest BCUT2D eigenvalue weighted by Gasteiger charge is -1.89. The Morgan fingerprint density at radius 2 is 1.62 bits per heavy atom. The van der Waals surface area contributed by atoms with Crippen LogP contribution in [-0.2, 0) is 0 Å². The Labute approximate surface area is 86.7 Å². The van der Waals surface area contributed by atoms with Gasteiger partial charge in [-0.15, -0.1) is 0 Å². The van der Waals surface area contributed by atoms with E-state index in [1.165, 1.54) is 0 Å². The zero-order chi connectivity index (χ0) is 10.9. The van der Waals surface area contributed by atoms with E-state index in [-0.39, 0.29) is 0 Å². The Hall–Kier alpha value is -0.570. The van der Waals surface area contributed by atoms with Crippen molar-refractivity contribution >= 4 is 17.6 Å². The summed E-state index contributed by atoms with van der Waals surface area (Å²) in [7, 11) is 0. The van der Waals surface area contributed by atoms with E-state index in [9.17, 15) is 0 Å². The molecule has 0 aliphatic carbocycles. The molecule has 0 saturated carbocycles. The lowest BCUT2D eigenvalue weighted by atomic mass is 10.3. The normalized spacial score (nSPS) is 7.85. The highest BCUT2D eigenvalue weighted by Gasteiger charge is 1.94. The van der Waals surface area contributed by atoms with Gasteiger partial charge in [0.15, 0.2) is 0 Å². The monoisotopic (exact) mass is 202 g/mol. The van der Waals surface area contributed by atoms with Gasteiger partial charge < -0.3 is 5.73 Å². The standard InChI is InChI=1S/C6H10N2S.2C2H6/c1-5-3-8(9-2)4-6(5)7;2*1-2/h3-4H,7H2,1-2H3;2*1-2H3. The van der Waals surface area contributed by atoms with Crippen molar-refractivity contribution in [3.63, 3.8) is 0 Å². The fourth-order valence-electron chi connectivity index (χ4n) is 0.647. The van der Waals surface area contributed by atoms with Crippen molar-refractivity contribution in [1.82, 2.24) is 3.97 Å². The SMILES string of the molecule is CC.CC.CSn1cc(C)c(N)c1. The number of nitrogens with two attached hydrogens (primary N) is 1. The molecule has 0 atom stereocenters. The van der Waals surface area contributed by atoms with Gasteiger partial charge in [0.2, 0.25) is 0 Å². The van der Waals surface area contributed by atoms with Crippen molar-refractivity contribution in [2.24, 2.45) is 0 Å². The molecule has 0 bridgehead atoms. The van der Waals surface area contributed by atoms with Gasteiger partial charge in [-0.2, -0.15) is 0 Å². The molecule has 0 aliphatic heterocycles. The van der Waals surface area contributed by atoms with Crippen LogP contribution in [0.2, 0.25) is 0 Å². The highest BCUT2D eigenvalue weighted by atomic mass is 32.2. The molecule has 13 heavy (non-hydrogen) atoms. The summed E-state index contributed by atoms with van der Waals surface area (Å²) in [6.07, 6.45) is 5.94. The maximum absolute atomic E-state index is 5.58. The summed E-state index contributed by atoms with van der Waals surface area (Å²) in [6, 6.07) is 0. The Morgan fingerprint density at radius 3 is 1.77 bits per heavy atom. The quantitative estimate of drug-likeness (QED) is 0.755. The molecule has 1 aromatic rings. The van der Waals surface area contributed by atoms with Crippen LogP contribution >= 0.6 is 11.9 Å². The first-order chi connectivity index (χ1) is 6.24. The minimum atomic E-state index is 0.865. The molecular weight excluding hydrogens is 180 g/mol. The smallest absolute Gasteiger partial charge is 0.0534 e. The van der Waals surface area contributed by atoms with Gasteiger partial charge >= 0.3 is 0 Å². The Kier molecular flexibility index (Phi) is 10.9. The van der Waals surface area contributed by atoms with Crippen molar-refractivity contribution in [2.45, 2.75) is 34.6 Å². The van der Waals surface area contributed by atoms with Gasteiger partial charge in [0.1, 0.15) is 0 Å². The molecule has 0 spiro atoms. The fraction of sp³-hybridized carbons (Fsp3) is 0.600. The van der Waals surface area contributed by atoms with Crippen LogP contribution in [-0.4, -0.2) is 10.2 Å². The zero-order valence-corrected chi connectivity index (χ0v) is 10.4. The third-order valence-electron chi connectivity index (χ3n) is 1.25. The van der Waals surface area contributed by atoms with Crippen LogP contribution in [0.1, 0.15) is 33.3 Å². The van der Waals surface area contributed by atoms with Gasteiger partial charge in [-0.1, -0.05) is 27.7 Å². The third-order valence-corrected chi connectivity index (χ3v) is 1.89. The highest BCUT2D eigenvalue weighted by molar-refractivity contribution is 7.97. The Balaban J connectivity index is 0. The number of aromatic nitrogens is 1. The summed E-state index contributed by atoms with van der Waals surface area (Å²) in [5, 5.41) is 0. The molecule has 1 rings (SSSR count). The topological polar surface area (TPSA) is 30.9 Å². The second-order valence-electron chi connectivity index (χ2n) is 1.94. The van der Waals surface area contributed by atoms with Crippen LogP contribution in [0.3, 0.4) is 0 Å². The number of rotatable bonds is 1. The Morgan fingerprint density at radius 1 is 1.15 bits per heavy atom. The number of nitrogens with zero attached hydrogens (tertiary/aromatic N) is 1. The number of hydrogen-bond acceptors (Lipinski definition) is 2. The van der Waals surface area contributed by atoms with Gasteiger partial charge in [0.05, 0.1) is 5.69 Å². The van der Waals surface area contributed by atoms with Crippen LogP contribution in [0.25, 0.3) is 0 Å². The zero-order valence-electron chi connectivity index (χ0n) is 9.59. The number of hydrogen-bond donors (Lipinski definition) is 1. The maximum atomic E-state index is 5.58. The first kappa shape index (κ1) is 14.9. The van der Waals surface area contributed by atoms with Gasteiger partial charge in [-0.3, -0.25) is 3.97 Å². The largest absolute Gasteiger partial charge is 0.397 e. The summed E-state index contributed by atoms with van der Waals surface area (Å²) < 4.78 is 1.99. The Bertz CT molecular complexity index is 187. The van der Waals surface area contributed by atoms with Gasteiger partial charge in [0.25, 0.3) is 0 Å². The number of nitrogen functional groups attached to an aromatic ring is 1. The lowest BCUT2D eigenvalue weighted by Crippen LogP contribution is -1.81. The molecule has 1 heterocycles. The number of anilines is 1. The molecule has 0 amide bonds. The minimum Gasteiger partial charge on any atom is -0.397 e. The predicted molar refractivity (Wildman–Crippen MR) is 65.2 cm³/mol. The molecule has 78 valence electrons. The first-order valence-electron chi connectivity index (χ1n) is 4.72. The van der Waals surface area contributed by atoms with E-state index in [4.69, 9.17) is 5.73 Å². The van der Waals surface area contributed by atoms with Crippen LogP contribution in [0.15, 0.2) is 12.4 Å². The average molecular weight is 202 g/mol. The molecule has 0 aliphatic rings. The van der Waals surface area contributed by atoms with Crippen LogP contribution in [0.5, 0.6) is 0 Å². The van der Waals surface area contributed by atoms with E-state index in [2.05, 4.69) is 0 Å². The van der Waals surface area contributed by atoms with E-state index < -0.39 is 0 Å². The fourth-order valence-corrected chi connectivity index (χ4v) is 1.13. The van der Waals surface area contributed by atoms with Crippen LogP contribution in [0, 0.1) is 6.92 Å². The maximum Gasteiger partial charge on any atom is 0.0534 e. The molecule has 1 aromatic heterocycles. The first-order valence-corrected chi connectivity index (χ1v) is 5.90. The van der Waals surface area contributed by atoms with Crippen LogP contribution < -0.4 is 5.73 Å². The summed E-state index contributed by atoms with van der Waals surface area (Å²) in [5.74, 6) is 0. The number of aryl methyl sites for hydroxylation is 1. The molecule has 0 unspecified atom stereocenters. The molecule has 2 N–H and O–H groups in total. The van der Waals surface area contributed by atoms with E-state index in [0.29, 0.717) is 0 Å². The van der Waals surface area contributed by atoms with Gasteiger partial charge in [-0.25, -0.2) is 0 Å². The summed E-state index contributed by atoms with van der Waals surface area (Å²) in [4.78, 5) is 0. The highest BCUT2D eigenvalue weighted by Crippen LogP contribution is 2.14. The molecule has 0 saturated heterocycles. The summed E-state index contributed by atoms with van der Waals surface area (Å²) in [6.45, 7) is 10.0. The molecule has 0 fully saturated rings. The molecular formula is C10H22N2S. The molecule has 2 nitrogen and oxygen atoms in total. The van der Waals surface area contributed by atoms with Crippen molar-refractivity contribution in [3.8, 4) is 0 Å². The summed E-state index contributed by atoms with van der Waals surface area (Å²) in [5.41, 5.74) is 7.59. The van der Waals surface area contributed by atoms with E-state index in [1.807, 2.05) is 57.2 Å². The van der Waals surface area contributed by atoms with Crippen LogP contribution in [0.4, 0.5) is 5.69 Å². The van der Waals surface area contributed by atoms with Crippen molar-refractivity contribution in [2.75, 3.05) is 12.0 Å². The minimum absolute atomic E-state index is 0.865. The van der Waals surface area contributed by atoms with Crippen molar-refractivity contribution in [3.05, 3.63) is 18.0 Å². The predicted octanol–water partition coefficient (Wildman–Crippen LogP) is 3.56. The van der Waals surface area contributed by atoms with Crippen molar-refractivity contribution < 1.29 is 0 Å². The molecule has 3 heteroatoms. The molecule has 0 radical (unpaired) electrons. The summed E-state index contributed by atoms with van der Waals surface area (Å²) >= 11 is 1.64.